The lowest BCUT2D eigenvalue weighted by Gasteiger charge is -2.51. The van der Waals surface area contributed by atoms with Gasteiger partial charge in [-0.15, -0.1) is 0 Å². The van der Waals surface area contributed by atoms with Gasteiger partial charge in [-0.25, -0.2) is 4.79 Å². The maximum absolute atomic E-state index is 13.7. The van der Waals surface area contributed by atoms with E-state index in [4.69, 9.17) is 72.0 Å². The first-order valence-electron chi connectivity index (χ1n) is 35.1. The standard InChI is InChI=1S/C64H101N7O40/c1-19(78)66-35-46(91)51(31(16-76)100-57(35)71-34(83)11-25(65)56(96)70-26(58(97)98-5)10-23-6-8-24(82)9-7-23)107-61-38(69-22(4)81)47(92)52(32(17-77)105-61)108-62-50(95)53(109-64-55(49(94)42(87)30(15-75)104-64)111-60-37(68-21(3)80)45(90)40(85)28(13-73)102-60)43(88)33(106-62)18-99-63-54(48(93)41(86)29(14-74)103-63)110-59-36(67-20(2)79)44(89)39(84)27(12-72)101-59/h6-9,25-33,35-55,57,59-64,72-77,82,84-95H,10-18,65H2,1-5H3,(H,66,78)(H,67,79)(H,68,80)(H,69,81)(H,70,96)(H,71,83)/t25-,26-,27+,28+,29+,30+,31+,32+,33+,35+,36+,37+,38+,39+,40+,41+,42+,43+,44+,45+,46+,47+,48-,49-,50-,51+,52+,53-,54-,55-,57+,59-,60-,61-,62-,63-,64+/m0/s1. The van der Waals surface area contributed by atoms with Crippen LogP contribution in [-0.2, 0) is 106 Å². The molecule has 47 heteroatoms. The molecule has 0 unspecified atom stereocenters. The van der Waals surface area contributed by atoms with Gasteiger partial charge >= 0.3 is 5.97 Å². The molecule has 37 atom stereocenters. The van der Waals surface area contributed by atoms with E-state index in [1.807, 2.05) is 0 Å². The molecule has 7 aliphatic heterocycles. The number of ether oxygens (including phenoxy) is 14. The number of hydrogen-bond donors (Lipinski definition) is 26. The SMILES string of the molecule is COC(=O)[C@H](Cc1ccc(O)cc1)NC(=O)[C@@H](N)CC(=O)N[C@@H]1O[C@H](CO)[C@@H](O[C@@H]2O[C@H](CO)[C@@H](O[C@@H]3O[C@H](CO[C@H]4O[C@H](CO)[C@@H](O)[C@H](O)[C@@H]4O[C@@H]4O[C@H](CO)[C@@H](O)[C@H](O)[C@H]4NC(C)=O)[C@@H](O)[C@H](O[C@H]4O[C@H](CO)[C@@H](O)[C@H](O)[C@@H]4O[C@@H]4O[C@H](CO)[C@@H](O)[C@H](O)[C@H]4NC(C)=O)[C@@H]3O)[C@H](O)[C@H]2NC(C)=O)[C@H](O)[C@H]1NC(C)=O. The van der Waals surface area contributed by atoms with E-state index in [0.29, 0.717) is 5.56 Å². The minimum Gasteiger partial charge on any atom is -0.508 e. The molecule has 0 aliphatic carbocycles. The largest absolute Gasteiger partial charge is 0.508 e. The lowest BCUT2D eigenvalue weighted by molar-refractivity contribution is -0.395. The molecule has 0 saturated carbocycles. The van der Waals surface area contributed by atoms with E-state index in [1.54, 1.807) is 0 Å². The van der Waals surface area contributed by atoms with Crippen LogP contribution in [0.5, 0.6) is 5.75 Å². The zero-order valence-electron chi connectivity index (χ0n) is 60.2. The average Bonchev–Trinajstić information content (AvgIpc) is 0.774. The summed E-state index contributed by atoms with van der Waals surface area (Å²) in [6, 6.07) is -4.60. The number of esters is 1. The van der Waals surface area contributed by atoms with Crippen LogP contribution in [0.15, 0.2) is 24.3 Å². The van der Waals surface area contributed by atoms with Crippen molar-refractivity contribution in [3.05, 3.63) is 29.8 Å². The molecule has 47 nitrogen and oxygen atoms in total. The van der Waals surface area contributed by atoms with Crippen molar-refractivity contribution < 1.29 is 197 Å². The van der Waals surface area contributed by atoms with Gasteiger partial charge in [0.25, 0.3) is 0 Å². The van der Waals surface area contributed by atoms with Crippen molar-refractivity contribution in [1.29, 1.82) is 0 Å². The number of hydrogen-bond acceptors (Lipinski definition) is 41. The molecule has 1 aromatic rings. The lowest BCUT2D eigenvalue weighted by atomic mass is 9.93. The average molecular weight is 1610 g/mol. The third kappa shape index (κ3) is 21.8. The Morgan fingerprint density at radius 2 is 0.775 bits per heavy atom. The highest BCUT2D eigenvalue weighted by Crippen LogP contribution is 2.38. The van der Waals surface area contributed by atoms with Gasteiger partial charge in [-0.1, -0.05) is 12.1 Å². The van der Waals surface area contributed by atoms with Gasteiger partial charge in [-0.2, -0.15) is 0 Å². The number of carbonyl (C=O) groups is 7. The van der Waals surface area contributed by atoms with Crippen LogP contribution in [0, 0.1) is 0 Å². The molecule has 7 saturated heterocycles. The van der Waals surface area contributed by atoms with Crippen LogP contribution in [0.3, 0.4) is 0 Å². The monoisotopic (exact) mass is 1610 g/mol. The number of aliphatic hydroxyl groups is 18. The molecule has 27 N–H and O–H groups in total. The van der Waals surface area contributed by atoms with E-state index in [9.17, 15) is 131 Å². The van der Waals surface area contributed by atoms with Crippen LogP contribution in [0.1, 0.15) is 39.7 Å². The summed E-state index contributed by atoms with van der Waals surface area (Å²) < 4.78 is 82.7. The van der Waals surface area contributed by atoms with Gasteiger partial charge in [0, 0.05) is 34.1 Å². The number of amides is 6. The van der Waals surface area contributed by atoms with Crippen LogP contribution < -0.4 is 37.6 Å². The van der Waals surface area contributed by atoms with E-state index in [2.05, 4.69) is 31.9 Å². The molecule has 7 fully saturated rings. The molecule has 0 spiro atoms. The Bertz CT molecular complexity index is 3200. The summed E-state index contributed by atoms with van der Waals surface area (Å²) in [5.41, 5.74) is 6.59. The zero-order valence-corrected chi connectivity index (χ0v) is 60.2. The van der Waals surface area contributed by atoms with Crippen LogP contribution in [-0.4, -0.2) is 419 Å². The second-order valence-corrected chi connectivity index (χ2v) is 27.4. The van der Waals surface area contributed by atoms with Gasteiger partial charge in [0.05, 0.1) is 65.8 Å². The summed E-state index contributed by atoms with van der Waals surface area (Å²) in [5, 5.41) is 226. The van der Waals surface area contributed by atoms with Crippen molar-refractivity contribution in [3.8, 4) is 5.75 Å². The van der Waals surface area contributed by atoms with Crippen molar-refractivity contribution in [2.75, 3.05) is 53.4 Å². The van der Waals surface area contributed by atoms with Gasteiger partial charge < -0.3 is 201 Å². The van der Waals surface area contributed by atoms with Crippen molar-refractivity contribution in [2.45, 2.75) is 267 Å². The first-order chi connectivity index (χ1) is 52.5. The number of carbonyl (C=O) groups excluding carboxylic acids is 7. The Balaban J connectivity index is 1.08. The fourth-order valence-corrected chi connectivity index (χ4v) is 13.6. The third-order valence-corrected chi connectivity index (χ3v) is 19.4. The van der Waals surface area contributed by atoms with Crippen LogP contribution >= 0.6 is 0 Å². The molecular weight excluding hydrogens is 1510 g/mol. The van der Waals surface area contributed by atoms with Crippen molar-refractivity contribution in [1.82, 2.24) is 31.9 Å². The van der Waals surface area contributed by atoms with Gasteiger partial charge in [-0.3, -0.25) is 28.8 Å². The maximum Gasteiger partial charge on any atom is 0.328 e. The second-order valence-electron chi connectivity index (χ2n) is 27.4. The number of aliphatic hydroxyl groups excluding tert-OH is 18. The number of aromatic hydroxyl groups is 1. The Labute approximate surface area is 630 Å². The molecular formula is C64H101N7O40. The first kappa shape index (κ1) is 90.6. The molecule has 7 aliphatic rings. The molecule has 111 heavy (non-hydrogen) atoms. The normalized spacial score (nSPS) is 41.2. The number of benzene rings is 1. The van der Waals surface area contributed by atoms with Crippen LogP contribution in [0.4, 0.5) is 0 Å². The van der Waals surface area contributed by atoms with Crippen molar-refractivity contribution in [3.63, 3.8) is 0 Å². The summed E-state index contributed by atoms with van der Waals surface area (Å²) in [7, 11) is 1.06. The van der Waals surface area contributed by atoms with Gasteiger partial charge in [0.15, 0.2) is 44.0 Å². The van der Waals surface area contributed by atoms with Gasteiger partial charge in [0.2, 0.25) is 35.4 Å². The predicted octanol–water partition coefficient (Wildman–Crippen LogP) is -16.3. The van der Waals surface area contributed by atoms with E-state index in [-0.39, 0.29) is 12.2 Å². The van der Waals surface area contributed by atoms with E-state index >= 15 is 0 Å². The minimum absolute atomic E-state index is 0.0829. The fourth-order valence-electron chi connectivity index (χ4n) is 13.6. The van der Waals surface area contributed by atoms with Crippen molar-refractivity contribution in [2.24, 2.45) is 5.73 Å². The van der Waals surface area contributed by atoms with Crippen LogP contribution in [0.2, 0.25) is 0 Å². The smallest absolute Gasteiger partial charge is 0.328 e. The molecule has 1 aromatic carbocycles. The van der Waals surface area contributed by atoms with Crippen molar-refractivity contribution >= 4 is 41.4 Å². The molecule has 0 bridgehead atoms. The Morgan fingerprint density at radius 1 is 0.405 bits per heavy atom. The number of nitrogens with one attached hydrogen (secondary N) is 6. The summed E-state index contributed by atoms with van der Waals surface area (Å²) >= 11 is 0. The summed E-state index contributed by atoms with van der Waals surface area (Å²) in [5.74, 6) is -6.58. The third-order valence-electron chi connectivity index (χ3n) is 19.4. The fraction of sp³-hybridized carbons (Fsp3) is 0.797. The summed E-state index contributed by atoms with van der Waals surface area (Å²) in [4.78, 5) is 90.5. The molecule has 632 valence electrons. The molecule has 7 heterocycles. The topological polar surface area (TPSA) is 731 Å². The number of rotatable bonds is 31. The highest BCUT2D eigenvalue weighted by Gasteiger charge is 2.59. The molecule has 8 rings (SSSR count). The minimum atomic E-state index is -2.52. The predicted molar refractivity (Wildman–Crippen MR) is 352 cm³/mol. The van der Waals surface area contributed by atoms with E-state index in [0.717, 1.165) is 34.8 Å². The molecule has 6 amide bonds. The van der Waals surface area contributed by atoms with Crippen LogP contribution in [0.25, 0.3) is 0 Å². The van der Waals surface area contributed by atoms with E-state index < -0.39 is 321 Å². The number of nitrogens with two attached hydrogens (primary N) is 1. The second kappa shape index (κ2) is 40.5. The lowest BCUT2D eigenvalue weighted by Crippen LogP contribution is -2.71. The molecule has 0 aromatic heterocycles. The number of methoxy groups -OCH3 is 1. The Morgan fingerprint density at radius 3 is 1.23 bits per heavy atom. The van der Waals surface area contributed by atoms with E-state index in [1.165, 1.54) is 24.3 Å². The van der Waals surface area contributed by atoms with Gasteiger partial charge in [-0.05, 0) is 17.7 Å². The summed E-state index contributed by atoms with van der Waals surface area (Å²) in [6.45, 7) is -3.68. The number of phenols is 1. The first-order valence-corrected chi connectivity index (χ1v) is 35.1. The Hall–Kier alpha value is -5.97. The summed E-state index contributed by atoms with van der Waals surface area (Å²) in [6.07, 6.45) is -64.9. The zero-order chi connectivity index (χ0) is 81.9. The van der Waals surface area contributed by atoms with Gasteiger partial charge in [0.1, 0.15) is 182 Å². The highest BCUT2D eigenvalue weighted by molar-refractivity contribution is 5.91. The highest BCUT2D eigenvalue weighted by atomic mass is 16.8. The Kier molecular flexibility index (Phi) is 33.1. The number of phenolic OH excluding ortho intramolecular Hbond substituents is 1. The quantitative estimate of drug-likeness (QED) is 0.0307. The maximum atomic E-state index is 13.7. The molecule has 0 radical (unpaired) electrons.